The highest BCUT2D eigenvalue weighted by Gasteiger charge is 2.28. The highest BCUT2D eigenvalue weighted by atomic mass is 16.5. The van der Waals surface area contributed by atoms with Crippen molar-refractivity contribution in [3.8, 4) is 5.75 Å². The molecule has 2 aromatic rings. The first kappa shape index (κ1) is 16.2. The summed E-state index contributed by atoms with van der Waals surface area (Å²) in [6.07, 6.45) is 0.862. The highest BCUT2D eigenvalue weighted by Crippen LogP contribution is 2.18. The fourth-order valence-corrected chi connectivity index (χ4v) is 2.96. The van der Waals surface area contributed by atoms with Gasteiger partial charge in [0.25, 0.3) is 5.56 Å². The second kappa shape index (κ2) is 6.86. The van der Waals surface area contributed by atoms with E-state index in [2.05, 4.69) is 9.97 Å². The molecule has 6 nitrogen and oxygen atoms in total. The summed E-state index contributed by atoms with van der Waals surface area (Å²) in [5, 5.41) is 0. The van der Waals surface area contributed by atoms with Crippen LogP contribution < -0.4 is 10.3 Å². The Kier molecular flexibility index (Phi) is 4.64. The number of likely N-dealkylation sites (tertiary alicyclic amines) is 1. The van der Waals surface area contributed by atoms with Crippen molar-refractivity contribution in [2.45, 2.75) is 32.8 Å². The van der Waals surface area contributed by atoms with Gasteiger partial charge < -0.3 is 14.6 Å². The largest absolute Gasteiger partial charge is 0.489 e. The number of benzene rings is 1. The van der Waals surface area contributed by atoms with Gasteiger partial charge in [0.05, 0.1) is 13.0 Å². The molecular formula is C18H21N3O3. The fourth-order valence-electron chi connectivity index (χ4n) is 2.96. The standard InChI is InChI=1S/C18H21N3O3/c1-12-16(18(23)20-13(2)19-12)10-17(22)21-9-8-15(11-21)24-14-6-4-3-5-7-14/h3-7,15H,8-11H2,1-2H3,(H,19,20,23)/t15-/m1/s1. The number of amides is 1. The third-order valence-corrected chi connectivity index (χ3v) is 4.21. The van der Waals surface area contributed by atoms with Crippen molar-refractivity contribution in [3.05, 3.63) is 57.8 Å². The topological polar surface area (TPSA) is 75.3 Å². The van der Waals surface area contributed by atoms with Gasteiger partial charge in [0, 0.05) is 24.2 Å². The fraction of sp³-hybridized carbons (Fsp3) is 0.389. The van der Waals surface area contributed by atoms with Crippen LogP contribution in [-0.2, 0) is 11.2 Å². The number of aromatic nitrogens is 2. The zero-order valence-corrected chi connectivity index (χ0v) is 13.9. The van der Waals surface area contributed by atoms with E-state index in [1.54, 1.807) is 18.7 Å². The minimum atomic E-state index is -0.232. The lowest BCUT2D eigenvalue weighted by atomic mass is 10.1. The van der Waals surface area contributed by atoms with Crippen molar-refractivity contribution < 1.29 is 9.53 Å². The summed E-state index contributed by atoms with van der Waals surface area (Å²) in [5.74, 6) is 1.31. The van der Waals surface area contributed by atoms with Gasteiger partial charge in [0.2, 0.25) is 5.91 Å². The van der Waals surface area contributed by atoms with Gasteiger partial charge in [-0.3, -0.25) is 9.59 Å². The van der Waals surface area contributed by atoms with Crippen LogP contribution in [0.4, 0.5) is 0 Å². The number of para-hydroxylation sites is 1. The number of nitrogens with one attached hydrogen (secondary N) is 1. The van der Waals surface area contributed by atoms with Crippen LogP contribution in [0.5, 0.6) is 5.75 Å². The van der Waals surface area contributed by atoms with Gasteiger partial charge in [0.15, 0.2) is 0 Å². The Hall–Kier alpha value is -2.63. The highest BCUT2D eigenvalue weighted by molar-refractivity contribution is 5.79. The summed E-state index contributed by atoms with van der Waals surface area (Å²) in [4.78, 5) is 33.2. The summed E-state index contributed by atoms with van der Waals surface area (Å²) < 4.78 is 5.89. The quantitative estimate of drug-likeness (QED) is 0.926. The van der Waals surface area contributed by atoms with Gasteiger partial charge in [0.1, 0.15) is 17.7 Å². The molecule has 6 heteroatoms. The zero-order chi connectivity index (χ0) is 17.1. The lowest BCUT2D eigenvalue weighted by Crippen LogP contribution is -2.34. The maximum atomic E-state index is 12.5. The van der Waals surface area contributed by atoms with Crippen molar-refractivity contribution in [2.75, 3.05) is 13.1 Å². The molecule has 0 bridgehead atoms. The van der Waals surface area contributed by atoms with Crippen LogP contribution in [0.2, 0.25) is 0 Å². The lowest BCUT2D eigenvalue weighted by Gasteiger charge is -2.17. The molecule has 1 N–H and O–H groups in total. The number of carbonyl (C=O) groups is 1. The SMILES string of the molecule is Cc1nc(C)c(CC(=O)N2CC[C@@H](Oc3ccccc3)C2)c(=O)[nH]1. The van der Waals surface area contributed by atoms with E-state index in [1.165, 1.54) is 0 Å². The minimum absolute atomic E-state index is 0.00752. The van der Waals surface area contributed by atoms with Crippen molar-refractivity contribution in [2.24, 2.45) is 0 Å². The lowest BCUT2D eigenvalue weighted by molar-refractivity contribution is -0.129. The minimum Gasteiger partial charge on any atom is -0.489 e. The molecule has 0 unspecified atom stereocenters. The van der Waals surface area contributed by atoms with E-state index >= 15 is 0 Å². The molecule has 1 aromatic heterocycles. The molecule has 2 heterocycles. The maximum Gasteiger partial charge on any atom is 0.254 e. The van der Waals surface area contributed by atoms with Crippen molar-refractivity contribution in [3.63, 3.8) is 0 Å². The maximum absolute atomic E-state index is 12.5. The second-order valence-electron chi connectivity index (χ2n) is 6.07. The van der Waals surface area contributed by atoms with Crippen LogP contribution in [0.15, 0.2) is 35.1 Å². The second-order valence-corrected chi connectivity index (χ2v) is 6.07. The molecule has 3 rings (SSSR count). The van der Waals surface area contributed by atoms with Crippen LogP contribution in [0.25, 0.3) is 0 Å². The molecular weight excluding hydrogens is 306 g/mol. The van der Waals surface area contributed by atoms with E-state index in [1.807, 2.05) is 30.3 Å². The number of rotatable bonds is 4. The number of H-pyrrole nitrogens is 1. The molecule has 126 valence electrons. The smallest absolute Gasteiger partial charge is 0.254 e. The molecule has 0 radical (unpaired) electrons. The predicted octanol–water partition coefficient (Wildman–Crippen LogP) is 1.61. The Bertz CT molecular complexity index is 786. The van der Waals surface area contributed by atoms with Crippen LogP contribution >= 0.6 is 0 Å². The molecule has 0 saturated carbocycles. The molecule has 0 spiro atoms. The molecule has 24 heavy (non-hydrogen) atoms. The first-order chi connectivity index (χ1) is 11.5. The molecule has 1 atom stereocenters. The molecule has 1 saturated heterocycles. The third kappa shape index (κ3) is 3.64. The van der Waals surface area contributed by atoms with Crippen LogP contribution in [0, 0.1) is 13.8 Å². The molecule has 1 aliphatic heterocycles. The van der Waals surface area contributed by atoms with E-state index in [4.69, 9.17) is 4.74 Å². The first-order valence-electron chi connectivity index (χ1n) is 8.09. The third-order valence-electron chi connectivity index (χ3n) is 4.21. The average Bonchev–Trinajstić information content (AvgIpc) is 3.00. The Morgan fingerprint density at radius 2 is 2.08 bits per heavy atom. The van der Waals surface area contributed by atoms with Crippen LogP contribution in [-0.4, -0.2) is 40.0 Å². The Balaban J connectivity index is 1.62. The summed E-state index contributed by atoms with van der Waals surface area (Å²) in [7, 11) is 0. The summed E-state index contributed by atoms with van der Waals surface area (Å²) in [6, 6.07) is 9.60. The van der Waals surface area contributed by atoms with Gasteiger partial charge in [-0.05, 0) is 26.0 Å². The average molecular weight is 327 g/mol. The van der Waals surface area contributed by atoms with Crippen molar-refractivity contribution in [1.29, 1.82) is 0 Å². The van der Waals surface area contributed by atoms with Gasteiger partial charge in [-0.15, -0.1) is 0 Å². The number of aryl methyl sites for hydroxylation is 2. The number of aromatic amines is 1. The first-order valence-corrected chi connectivity index (χ1v) is 8.09. The Morgan fingerprint density at radius 1 is 1.33 bits per heavy atom. The van der Waals surface area contributed by atoms with Crippen molar-refractivity contribution >= 4 is 5.91 Å². The van der Waals surface area contributed by atoms with E-state index in [0.29, 0.717) is 30.2 Å². The van der Waals surface area contributed by atoms with Crippen LogP contribution in [0.3, 0.4) is 0 Å². The molecule has 1 aliphatic rings. The number of hydrogen-bond donors (Lipinski definition) is 1. The van der Waals surface area contributed by atoms with E-state index < -0.39 is 0 Å². The normalized spacial score (nSPS) is 17.1. The monoisotopic (exact) mass is 327 g/mol. The molecule has 1 aromatic carbocycles. The Labute approximate surface area is 140 Å². The van der Waals surface area contributed by atoms with E-state index in [-0.39, 0.29) is 24.0 Å². The van der Waals surface area contributed by atoms with Gasteiger partial charge in [-0.25, -0.2) is 4.98 Å². The summed E-state index contributed by atoms with van der Waals surface area (Å²) in [5.41, 5.74) is 0.823. The zero-order valence-electron chi connectivity index (χ0n) is 13.9. The number of nitrogens with zero attached hydrogens (tertiary/aromatic N) is 2. The van der Waals surface area contributed by atoms with E-state index in [9.17, 15) is 9.59 Å². The number of hydrogen-bond acceptors (Lipinski definition) is 4. The van der Waals surface area contributed by atoms with Gasteiger partial charge in [-0.1, -0.05) is 18.2 Å². The van der Waals surface area contributed by atoms with E-state index in [0.717, 1.165) is 12.2 Å². The Morgan fingerprint density at radius 3 is 2.79 bits per heavy atom. The number of ether oxygens (including phenoxy) is 1. The molecule has 1 fully saturated rings. The van der Waals surface area contributed by atoms with Crippen molar-refractivity contribution in [1.82, 2.24) is 14.9 Å². The number of carbonyl (C=O) groups excluding carboxylic acids is 1. The summed E-state index contributed by atoms with van der Waals surface area (Å²) >= 11 is 0. The summed E-state index contributed by atoms with van der Waals surface area (Å²) in [6.45, 7) is 4.68. The molecule has 0 aliphatic carbocycles. The van der Waals surface area contributed by atoms with Gasteiger partial charge >= 0.3 is 0 Å². The van der Waals surface area contributed by atoms with Gasteiger partial charge in [-0.2, -0.15) is 0 Å². The molecule has 1 amide bonds. The predicted molar refractivity (Wildman–Crippen MR) is 90.1 cm³/mol. The van der Waals surface area contributed by atoms with Crippen LogP contribution in [0.1, 0.15) is 23.5 Å².